The summed E-state index contributed by atoms with van der Waals surface area (Å²) in [6.07, 6.45) is 1.31. The minimum absolute atomic E-state index is 0.0107. The third kappa shape index (κ3) is 8.69. The number of pyridine rings is 1. The lowest BCUT2D eigenvalue weighted by Gasteiger charge is -2.24. The molecule has 222 valence electrons. The van der Waals surface area contributed by atoms with Gasteiger partial charge in [-0.15, -0.1) is 0 Å². The fourth-order valence-electron chi connectivity index (χ4n) is 3.95. The van der Waals surface area contributed by atoms with Gasteiger partial charge < -0.3 is 21.5 Å². The van der Waals surface area contributed by atoms with Crippen molar-refractivity contribution < 1.29 is 32.1 Å². The zero-order valence-corrected chi connectivity index (χ0v) is 24.5. The largest absolute Gasteiger partial charge is 0.478 e. The fraction of sp³-hybridized carbons (Fsp3) is 0.276. The summed E-state index contributed by atoms with van der Waals surface area (Å²) in [4.78, 5) is 42.8. The predicted molar refractivity (Wildman–Crippen MR) is 158 cm³/mol. The van der Waals surface area contributed by atoms with E-state index in [9.17, 15) is 27.9 Å². The first-order chi connectivity index (χ1) is 19.6. The maximum atomic E-state index is 13.3. The van der Waals surface area contributed by atoms with Crippen LogP contribution >= 0.6 is 0 Å². The monoisotopic (exact) mass is 595 g/mol. The van der Waals surface area contributed by atoms with Gasteiger partial charge >= 0.3 is 5.97 Å². The van der Waals surface area contributed by atoms with Crippen LogP contribution in [0.1, 0.15) is 62.7 Å². The summed E-state index contributed by atoms with van der Waals surface area (Å²) in [6.45, 7) is 5.51. The van der Waals surface area contributed by atoms with E-state index in [0.717, 1.165) is 6.26 Å². The molecule has 0 unspecified atom stereocenters. The molecule has 0 aliphatic carbocycles. The lowest BCUT2D eigenvalue weighted by molar-refractivity contribution is 0.0697. The molecule has 1 heterocycles. The number of hydrogen-bond donors (Lipinski definition) is 5. The van der Waals surface area contributed by atoms with Crippen LogP contribution < -0.4 is 16.4 Å². The van der Waals surface area contributed by atoms with Gasteiger partial charge in [-0.3, -0.25) is 19.2 Å². The second-order valence-electron chi connectivity index (χ2n) is 10.5. The summed E-state index contributed by atoms with van der Waals surface area (Å²) in [6, 6.07) is 13.7. The number of nitrogens with one attached hydrogen (secondary N) is 3. The summed E-state index contributed by atoms with van der Waals surface area (Å²) < 4.78 is 27.2. The Hall–Kier alpha value is -4.62. The normalized spacial score (nSPS) is 11.5. The minimum atomic E-state index is -3.58. The molecule has 12 nitrogen and oxygen atoms in total. The second kappa shape index (κ2) is 12.9. The third-order valence-corrected chi connectivity index (χ3v) is 6.90. The number of amides is 2. The molecule has 3 aromatic rings. The van der Waals surface area contributed by atoms with E-state index in [1.165, 1.54) is 18.2 Å². The van der Waals surface area contributed by atoms with Crippen molar-refractivity contribution in [2.75, 3.05) is 24.7 Å². The number of carboxylic acid groups (broad SMARTS) is 1. The highest BCUT2D eigenvalue weighted by molar-refractivity contribution is 7.85. The van der Waals surface area contributed by atoms with Crippen LogP contribution in [0.25, 0.3) is 11.1 Å². The number of nitrogens with two attached hydrogens (primary N) is 1. The van der Waals surface area contributed by atoms with Gasteiger partial charge in [0.2, 0.25) is 0 Å². The lowest BCUT2D eigenvalue weighted by atomic mass is 9.89. The molecule has 0 aliphatic rings. The lowest BCUT2D eigenvalue weighted by Crippen LogP contribution is -2.35. The molecule has 0 bridgehead atoms. The van der Waals surface area contributed by atoms with Crippen molar-refractivity contribution in [3.63, 3.8) is 0 Å². The summed E-state index contributed by atoms with van der Waals surface area (Å²) in [5, 5.41) is 23.0. The van der Waals surface area contributed by atoms with Crippen molar-refractivity contribution in [2.45, 2.75) is 27.2 Å². The number of rotatable bonds is 12. The minimum Gasteiger partial charge on any atom is -0.478 e. The Kier molecular flexibility index (Phi) is 9.81. The van der Waals surface area contributed by atoms with E-state index < -0.39 is 33.3 Å². The van der Waals surface area contributed by atoms with E-state index in [1.807, 2.05) is 13.8 Å². The summed E-state index contributed by atoms with van der Waals surface area (Å²) in [5.74, 6) is -2.51. The Bertz CT molecular complexity index is 1630. The van der Waals surface area contributed by atoms with Gasteiger partial charge in [-0.05, 0) is 66.8 Å². The first-order valence-electron chi connectivity index (χ1n) is 12.8. The highest BCUT2D eigenvalue weighted by atomic mass is 32.2. The average molecular weight is 596 g/mol. The Morgan fingerprint density at radius 3 is 2.21 bits per heavy atom. The number of nitrogen functional groups attached to an aromatic ring is 1. The molecule has 0 fully saturated rings. The van der Waals surface area contributed by atoms with Crippen LogP contribution in [-0.2, 0) is 14.3 Å². The van der Waals surface area contributed by atoms with Gasteiger partial charge in [0, 0.05) is 34.6 Å². The van der Waals surface area contributed by atoms with Crippen LogP contribution in [-0.4, -0.2) is 61.5 Å². The number of nitrogens with zero attached hydrogens (tertiary/aromatic N) is 1. The highest BCUT2D eigenvalue weighted by Crippen LogP contribution is 2.29. The predicted octanol–water partition coefficient (Wildman–Crippen LogP) is 3.41. The second-order valence-corrected chi connectivity index (χ2v) is 12.1. The molecule has 0 spiro atoms. The molecule has 0 radical (unpaired) electrons. The zero-order chi connectivity index (χ0) is 31.2. The number of carboxylic acids is 1. The molecule has 42 heavy (non-hydrogen) atoms. The van der Waals surface area contributed by atoms with Crippen molar-refractivity contribution in [3.05, 3.63) is 82.7 Å². The van der Waals surface area contributed by atoms with Crippen molar-refractivity contribution in [1.82, 2.24) is 10.3 Å². The highest BCUT2D eigenvalue weighted by Gasteiger charge is 2.24. The van der Waals surface area contributed by atoms with Crippen molar-refractivity contribution in [1.29, 1.82) is 5.41 Å². The first kappa shape index (κ1) is 31.9. The number of aromatic nitrogens is 1. The molecule has 0 saturated carbocycles. The number of carbonyl (C=O) groups excluding carboxylic acids is 2. The van der Waals surface area contributed by atoms with Crippen LogP contribution in [0, 0.1) is 17.7 Å². The average Bonchev–Trinajstić information content (AvgIpc) is 2.90. The Labute approximate surface area is 243 Å². The maximum Gasteiger partial charge on any atom is 0.336 e. The molecule has 13 heteroatoms. The van der Waals surface area contributed by atoms with Gasteiger partial charge in [-0.25, -0.2) is 9.78 Å². The quantitative estimate of drug-likeness (QED) is 0.118. The molecule has 3 rings (SSSR count). The van der Waals surface area contributed by atoms with Gasteiger partial charge in [0.1, 0.15) is 11.5 Å². The van der Waals surface area contributed by atoms with Crippen molar-refractivity contribution in [3.8, 4) is 11.1 Å². The van der Waals surface area contributed by atoms with Gasteiger partial charge in [-0.1, -0.05) is 26.0 Å². The molecule has 0 atom stereocenters. The smallest absolute Gasteiger partial charge is 0.336 e. The number of benzene rings is 2. The molecular weight excluding hydrogens is 562 g/mol. The van der Waals surface area contributed by atoms with E-state index >= 15 is 0 Å². The summed E-state index contributed by atoms with van der Waals surface area (Å²) >= 11 is 0. The van der Waals surface area contributed by atoms with Crippen molar-refractivity contribution in [2.24, 2.45) is 11.1 Å². The van der Waals surface area contributed by atoms with E-state index in [0.29, 0.717) is 23.4 Å². The number of anilines is 1. The van der Waals surface area contributed by atoms with Crippen LogP contribution in [0.3, 0.4) is 0 Å². The first-order valence-corrected chi connectivity index (χ1v) is 14.6. The number of amidine groups is 1. The topological polar surface area (TPSA) is 202 Å². The number of aromatic carboxylic acids is 1. The van der Waals surface area contributed by atoms with Gasteiger partial charge in [0.15, 0.2) is 0 Å². The molecule has 0 saturated heterocycles. The van der Waals surface area contributed by atoms with Crippen LogP contribution in [0.5, 0.6) is 0 Å². The fourth-order valence-corrected chi connectivity index (χ4v) is 4.33. The van der Waals surface area contributed by atoms with Crippen LogP contribution in [0.2, 0.25) is 0 Å². The summed E-state index contributed by atoms with van der Waals surface area (Å²) in [5.41, 5.74) is 6.77. The molecule has 0 aliphatic heterocycles. The van der Waals surface area contributed by atoms with Crippen LogP contribution in [0.15, 0.2) is 54.6 Å². The SMILES string of the molecule is Cc1ccc(-c2ccc(C(=O)NCC(C)(C)CCOS(C)(=O)=O)cc2C(=O)O)c(C(=O)Nc2ccc(C(=N)N)cc2)n1. The van der Waals surface area contributed by atoms with Crippen LogP contribution in [0.4, 0.5) is 5.69 Å². The molecular formula is C29H33N5O7S. The van der Waals surface area contributed by atoms with E-state index in [-0.39, 0.29) is 46.9 Å². The zero-order valence-electron chi connectivity index (χ0n) is 23.6. The Morgan fingerprint density at radius 1 is 1.00 bits per heavy atom. The van der Waals surface area contributed by atoms with Gasteiger partial charge in [-0.2, -0.15) is 8.42 Å². The Morgan fingerprint density at radius 2 is 1.62 bits per heavy atom. The maximum absolute atomic E-state index is 13.3. The summed E-state index contributed by atoms with van der Waals surface area (Å²) in [7, 11) is -3.58. The Balaban J connectivity index is 1.85. The molecule has 6 N–H and O–H groups in total. The number of carbonyl (C=O) groups is 3. The molecule has 2 aromatic carbocycles. The van der Waals surface area contributed by atoms with Gasteiger partial charge in [0.05, 0.1) is 18.4 Å². The molecule has 2 amide bonds. The van der Waals surface area contributed by atoms with E-state index in [2.05, 4.69) is 15.6 Å². The third-order valence-electron chi connectivity index (χ3n) is 6.31. The van der Waals surface area contributed by atoms with E-state index in [1.54, 1.807) is 43.3 Å². The number of hydrogen-bond acceptors (Lipinski definition) is 8. The number of aryl methyl sites for hydroxylation is 1. The van der Waals surface area contributed by atoms with Gasteiger partial charge in [0.25, 0.3) is 21.9 Å². The van der Waals surface area contributed by atoms with Crippen molar-refractivity contribution >= 4 is 39.4 Å². The van der Waals surface area contributed by atoms with E-state index in [4.69, 9.17) is 15.3 Å². The standard InChI is InChI=1S/C29H33N5O7S/c1-17-5-11-22(24(33-17)27(36)34-20-9-6-18(7-10-20)25(30)31)21-12-8-19(15-23(21)28(37)38)26(35)32-16-29(2,3)13-14-41-42(4,39)40/h5-12,15H,13-14,16H2,1-4H3,(H3,30,31)(H,32,35)(H,34,36)(H,37,38). The molecule has 1 aromatic heterocycles.